The quantitative estimate of drug-likeness (QED) is 0.466. The summed E-state index contributed by atoms with van der Waals surface area (Å²) >= 11 is 4.72. The maximum Gasteiger partial charge on any atom is 0.184 e. The van der Waals surface area contributed by atoms with Crippen molar-refractivity contribution in [2.45, 2.75) is 19.4 Å². The highest BCUT2D eigenvalue weighted by Crippen LogP contribution is 2.26. The van der Waals surface area contributed by atoms with E-state index in [4.69, 9.17) is 18.0 Å². The summed E-state index contributed by atoms with van der Waals surface area (Å²) in [6, 6.07) is 0.293. The number of hydrogen-bond acceptors (Lipinski definition) is 3. The zero-order valence-electron chi connectivity index (χ0n) is 10.9. The van der Waals surface area contributed by atoms with E-state index in [1.807, 2.05) is 6.08 Å². The molecule has 2 rings (SSSR count). The third-order valence-corrected chi connectivity index (χ3v) is 3.09. The van der Waals surface area contributed by atoms with Gasteiger partial charge >= 0.3 is 0 Å². The Labute approximate surface area is 119 Å². The van der Waals surface area contributed by atoms with E-state index in [0.717, 1.165) is 18.5 Å². The van der Waals surface area contributed by atoms with Crippen LogP contribution in [0.4, 0.5) is 0 Å². The van der Waals surface area contributed by atoms with Gasteiger partial charge in [0.05, 0.1) is 12.3 Å². The van der Waals surface area contributed by atoms with Crippen molar-refractivity contribution < 1.29 is 0 Å². The molecule has 1 atom stereocenters. The second-order valence-corrected chi connectivity index (χ2v) is 4.83. The van der Waals surface area contributed by atoms with Crippen LogP contribution in [0.15, 0.2) is 52.8 Å². The highest BCUT2D eigenvalue weighted by Gasteiger charge is 2.22. The lowest BCUT2D eigenvalue weighted by Crippen LogP contribution is -2.34. The fourth-order valence-electron chi connectivity index (χ4n) is 2.21. The molecule has 19 heavy (non-hydrogen) atoms. The normalized spacial score (nSPS) is 21.1. The Morgan fingerprint density at radius 3 is 3.11 bits per heavy atom. The third-order valence-electron chi connectivity index (χ3n) is 3.00. The fraction of sp³-hybridized carbons (Fsp3) is 0.286. The number of hydrogen-bond donors (Lipinski definition) is 2. The number of hydrazone groups is 1. The maximum atomic E-state index is 5.34. The summed E-state index contributed by atoms with van der Waals surface area (Å²) in [7, 11) is 0. The van der Waals surface area contributed by atoms with E-state index in [1.54, 1.807) is 6.21 Å². The van der Waals surface area contributed by atoms with Gasteiger partial charge in [-0.15, -0.1) is 0 Å². The molecule has 0 bridgehead atoms. The molecule has 100 valence electrons. The molecule has 0 saturated heterocycles. The molecular formula is C14H18N4S. The molecule has 0 amide bonds. The van der Waals surface area contributed by atoms with Crippen LogP contribution in [0.2, 0.25) is 0 Å². The Hall–Kier alpha value is -1.88. The van der Waals surface area contributed by atoms with Crippen molar-refractivity contribution >= 4 is 23.5 Å². The number of thiocarbonyl (C=S) groups is 1. The Morgan fingerprint density at radius 2 is 2.37 bits per heavy atom. The van der Waals surface area contributed by atoms with Gasteiger partial charge in [-0.25, -0.2) is 0 Å². The van der Waals surface area contributed by atoms with Gasteiger partial charge in [-0.1, -0.05) is 31.2 Å². The van der Waals surface area contributed by atoms with Gasteiger partial charge in [0.1, 0.15) is 0 Å². The highest BCUT2D eigenvalue weighted by molar-refractivity contribution is 7.80. The van der Waals surface area contributed by atoms with E-state index in [1.165, 1.54) is 5.57 Å². The fourth-order valence-corrected chi connectivity index (χ4v) is 2.26. The van der Waals surface area contributed by atoms with Crippen molar-refractivity contribution in [1.82, 2.24) is 10.3 Å². The Bertz CT molecular complexity index is 500. The first kappa shape index (κ1) is 13.5. The molecule has 0 spiro atoms. The van der Waals surface area contributed by atoms with Crippen molar-refractivity contribution in [3.05, 3.63) is 47.7 Å². The number of nitrogens with one attached hydrogen (secondary N) is 1. The number of nitrogens with two attached hydrogens (primary N) is 1. The molecule has 5 heteroatoms. The first-order valence-corrected chi connectivity index (χ1v) is 6.74. The Kier molecular flexibility index (Phi) is 4.52. The summed E-state index contributed by atoms with van der Waals surface area (Å²) in [5, 5.41) is 4.20. The Balaban J connectivity index is 2.21. The minimum atomic E-state index is 0.171. The van der Waals surface area contributed by atoms with Gasteiger partial charge in [0.15, 0.2) is 5.11 Å². The maximum absolute atomic E-state index is 5.34. The molecule has 0 aromatic heterocycles. The van der Waals surface area contributed by atoms with Crippen LogP contribution in [-0.2, 0) is 0 Å². The summed E-state index contributed by atoms with van der Waals surface area (Å²) in [5.74, 6) is 0. The molecule has 1 unspecified atom stereocenters. The number of rotatable bonds is 4. The average Bonchev–Trinajstić information content (AvgIpc) is 2.41. The van der Waals surface area contributed by atoms with Crippen molar-refractivity contribution in [2.24, 2.45) is 10.8 Å². The van der Waals surface area contributed by atoms with Crippen molar-refractivity contribution in [2.75, 3.05) is 6.54 Å². The lowest BCUT2D eigenvalue weighted by molar-refractivity contribution is 0.346. The molecule has 0 radical (unpaired) electrons. The first-order chi connectivity index (χ1) is 9.22. The first-order valence-electron chi connectivity index (χ1n) is 6.34. The highest BCUT2D eigenvalue weighted by atomic mass is 32.1. The summed E-state index contributed by atoms with van der Waals surface area (Å²) in [4.78, 5) is 2.33. The third kappa shape index (κ3) is 3.32. The standard InChI is InChI=1S/C14H18N4S/c1-2-8-18-9-7-11(10-16-17-14(15)19)12-5-3-4-6-13(12)18/h3-7,9-10,13H,2,8H2,1H3,(H3,15,17,19)/b16-10+. The van der Waals surface area contributed by atoms with Crippen LogP contribution in [0.25, 0.3) is 0 Å². The van der Waals surface area contributed by atoms with Gasteiger partial charge in [0.2, 0.25) is 0 Å². The monoisotopic (exact) mass is 274 g/mol. The van der Waals surface area contributed by atoms with Crippen LogP contribution in [0.5, 0.6) is 0 Å². The van der Waals surface area contributed by atoms with E-state index in [9.17, 15) is 0 Å². The molecule has 2 aliphatic rings. The molecule has 0 aromatic carbocycles. The lowest BCUT2D eigenvalue weighted by atomic mass is 9.93. The van der Waals surface area contributed by atoms with Gasteiger partial charge in [-0.05, 0) is 30.3 Å². The van der Waals surface area contributed by atoms with E-state index >= 15 is 0 Å². The molecule has 0 fully saturated rings. The zero-order chi connectivity index (χ0) is 13.7. The molecule has 0 aromatic rings. The van der Waals surface area contributed by atoms with Crippen molar-refractivity contribution in [1.29, 1.82) is 0 Å². The molecular weight excluding hydrogens is 256 g/mol. The molecule has 4 nitrogen and oxygen atoms in total. The van der Waals surface area contributed by atoms with Crippen molar-refractivity contribution in [3.63, 3.8) is 0 Å². The number of allylic oxidation sites excluding steroid dienone is 4. The second-order valence-electron chi connectivity index (χ2n) is 4.39. The predicted molar refractivity (Wildman–Crippen MR) is 83.6 cm³/mol. The average molecular weight is 274 g/mol. The van der Waals surface area contributed by atoms with E-state index in [-0.39, 0.29) is 5.11 Å². The van der Waals surface area contributed by atoms with Gasteiger partial charge in [0, 0.05) is 18.3 Å². The summed E-state index contributed by atoms with van der Waals surface area (Å²) in [6.07, 6.45) is 15.5. The van der Waals surface area contributed by atoms with Crippen molar-refractivity contribution in [3.8, 4) is 0 Å². The largest absolute Gasteiger partial charge is 0.375 e. The van der Waals surface area contributed by atoms with Gasteiger partial charge in [-0.2, -0.15) is 5.10 Å². The van der Waals surface area contributed by atoms with Gasteiger partial charge < -0.3 is 10.6 Å². The Morgan fingerprint density at radius 1 is 1.53 bits per heavy atom. The molecule has 1 aliphatic carbocycles. The van der Waals surface area contributed by atoms with E-state index in [2.05, 4.69) is 52.9 Å². The van der Waals surface area contributed by atoms with Crippen LogP contribution >= 0.6 is 12.2 Å². The molecule has 1 heterocycles. The molecule has 0 saturated carbocycles. The van der Waals surface area contributed by atoms with Crippen LogP contribution in [0.3, 0.4) is 0 Å². The predicted octanol–water partition coefficient (Wildman–Crippen LogP) is 1.84. The van der Waals surface area contributed by atoms with Gasteiger partial charge in [0.25, 0.3) is 0 Å². The van der Waals surface area contributed by atoms with Gasteiger partial charge in [-0.3, -0.25) is 5.43 Å². The molecule has 3 N–H and O–H groups in total. The SMILES string of the molecule is CCCN1C=CC(/C=N/NC(N)=S)=C2C=CC=CC21. The van der Waals surface area contributed by atoms with Crippen LogP contribution < -0.4 is 11.2 Å². The molecule has 1 aliphatic heterocycles. The summed E-state index contributed by atoms with van der Waals surface area (Å²) in [6.45, 7) is 3.22. The van der Waals surface area contributed by atoms with Crippen LogP contribution in [0, 0.1) is 0 Å². The second kappa shape index (κ2) is 6.33. The smallest absolute Gasteiger partial charge is 0.184 e. The van der Waals surface area contributed by atoms with E-state index < -0.39 is 0 Å². The lowest BCUT2D eigenvalue weighted by Gasteiger charge is -2.34. The topological polar surface area (TPSA) is 53.6 Å². The zero-order valence-corrected chi connectivity index (χ0v) is 11.7. The van der Waals surface area contributed by atoms with Crippen LogP contribution in [0.1, 0.15) is 13.3 Å². The summed E-state index contributed by atoms with van der Waals surface area (Å²) in [5.41, 5.74) is 10.2. The number of fused-ring (bicyclic) bond motifs is 1. The summed E-state index contributed by atoms with van der Waals surface area (Å²) < 4.78 is 0. The van der Waals surface area contributed by atoms with Crippen LogP contribution in [-0.4, -0.2) is 28.8 Å². The van der Waals surface area contributed by atoms with E-state index in [0.29, 0.717) is 6.04 Å². The minimum absolute atomic E-state index is 0.171. The number of nitrogens with zero attached hydrogens (tertiary/aromatic N) is 2. The minimum Gasteiger partial charge on any atom is -0.375 e.